The number of amidine groups is 1. The van der Waals surface area contributed by atoms with Gasteiger partial charge in [-0.3, -0.25) is 4.99 Å². The van der Waals surface area contributed by atoms with E-state index in [1.165, 1.54) is 20.2 Å². The van der Waals surface area contributed by atoms with Crippen LogP contribution in [0.2, 0.25) is 0 Å². The number of hydrogen-bond acceptors (Lipinski definition) is 4. The Kier molecular flexibility index (Phi) is 10.4. The minimum absolute atomic E-state index is 0.0278. The zero-order valence-electron chi connectivity index (χ0n) is 24.3. The molecule has 0 saturated carbocycles. The standard InChI is InChI=1S/C30H28F10N4O/c1-16(2)23-11-24(26(45-4)12-25(23)31)22-6-5-19(28(32,33)34)9-18(22)15-44(27(43-41)13-42-3)14-17-7-20(29(35,36)37)10-21(8-17)30(38,39)40/h5-13,16H,14-15,41H2,1-4H3. The van der Waals surface area contributed by atoms with Crippen molar-refractivity contribution in [2.24, 2.45) is 15.9 Å². The highest BCUT2D eigenvalue weighted by Crippen LogP contribution is 2.40. The Bertz CT molecular complexity index is 1540. The van der Waals surface area contributed by atoms with E-state index in [0.29, 0.717) is 12.1 Å². The molecular weight excluding hydrogens is 622 g/mol. The lowest BCUT2D eigenvalue weighted by atomic mass is 9.92. The second-order valence-corrected chi connectivity index (χ2v) is 10.2. The van der Waals surface area contributed by atoms with Crippen LogP contribution in [0.4, 0.5) is 43.9 Å². The topological polar surface area (TPSA) is 63.2 Å². The van der Waals surface area contributed by atoms with Crippen molar-refractivity contribution in [2.75, 3.05) is 14.2 Å². The molecule has 0 aliphatic heterocycles. The van der Waals surface area contributed by atoms with Gasteiger partial charge >= 0.3 is 18.5 Å². The van der Waals surface area contributed by atoms with Gasteiger partial charge in [0.2, 0.25) is 0 Å². The molecule has 0 heterocycles. The van der Waals surface area contributed by atoms with Crippen molar-refractivity contribution in [2.45, 2.75) is 51.4 Å². The molecule has 3 aromatic rings. The van der Waals surface area contributed by atoms with E-state index in [9.17, 15) is 43.9 Å². The normalized spacial score (nSPS) is 13.2. The third-order valence-corrected chi connectivity index (χ3v) is 6.75. The van der Waals surface area contributed by atoms with Crippen LogP contribution >= 0.6 is 0 Å². The Labute approximate surface area is 252 Å². The first-order valence-corrected chi connectivity index (χ1v) is 13.1. The Morgan fingerprint density at radius 1 is 0.822 bits per heavy atom. The second kappa shape index (κ2) is 13.4. The molecule has 0 saturated heterocycles. The number of rotatable bonds is 8. The predicted octanol–water partition coefficient (Wildman–Crippen LogP) is 8.66. The van der Waals surface area contributed by atoms with Gasteiger partial charge in [0.15, 0.2) is 5.84 Å². The van der Waals surface area contributed by atoms with Crippen LogP contribution < -0.4 is 10.6 Å². The summed E-state index contributed by atoms with van der Waals surface area (Å²) in [6.07, 6.45) is -14.1. The molecule has 0 bridgehead atoms. The Balaban J connectivity index is 2.29. The summed E-state index contributed by atoms with van der Waals surface area (Å²) in [5.74, 6) is 4.23. The molecule has 0 fully saturated rings. The van der Waals surface area contributed by atoms with E-state index < -0.39 is 59.7 Å². The van der Waals surface area contributed by atoms with Gasteiger partial charge in [0, 0.05) is 31.8 Å². The zero-order valence-corrected chi connectivity index (χ0v) is 24.3. The summed E-state index contributed by atoms with van der Waals surface area (Å²) in [6, 6.07) is 6.09. The van der Waals surface area contributed by atoms with E-state index in [1.54, 1.807) is 13.8 Å². The summed E-state index contributed by atoms with van der Waals surface area (Å²) in [6.45, 7) is 2.13. The fraction of sp³-hybridized carbons (Fsp3) is 0.333. The van der Waals surface area contributed by atoms with E-state index in [0.717, 1.165) is 35.4 Å². The average Bonchev–Trinajstić information content (AvgIpc) is 2.93. The molecule has 0 unspecified atom stereocenters. The molecule has 5 nitrogen and oxygen atoms in total. The molecule has 0 radical (unpaired) electrons. The highest BCUT2D eigenvalue weighted by Gasteiger charge is 2.37. The fourth-order valence-electron chi connectivity index (χ4n) is 4.62. The molecule has 0 amide bonds. The molecule has 0 aliphatic rings. The van der Waals surface area contributed by atoms with Crippen LogP contribution in [0.1, 0.15) is 53.1 Å². The average molecular weight is 651 g/mol. The first-order valence-electron chi connectivity index (χ1n) is 13.1. The molecule has 0 atom stereocenters. The summed E-state index contributed by atoms with van der Waals surface area (Å²) in [7, 11) is 2.51. The van der Waals surface area contributed by atoms with Gasteiger partial charge in [-0.25, -0.2) is 4.39 Å². The van der Waals surface area contributed by atoms with Crippen LogP contribution in [0.3, 0.4) is 0 Å². The SMILES string of the molecule is CN=CC(=NN)N(Cc1cc(C(F)(F)F)cc(C(F)(F)F)c1)Cc1cc(C(F)(F)F)ccc1-c1cc(C(C)C)c(F)cc1OC. The number of methoxy groups -OCH3 is 1. The number of benzene rings is 3. The zero-order chi connectivity index (χ0) is 33.9. The van der Waals surface area contributed by atoms with E-state index in [4.69, 9.17) is 10.6 Å². The van der Waals surface area contributed by atoms with Crippen molar-refractivity contribution in [1.29, 1.82) is 0 Å². The van der Waals surface area contributed by atoms with Crippen LogP contribution in [0, 0.1) is 5.82 Å². The van der Waals surface area contributed by atoms with Gasteiger partial charge in [-0.05, 0) is 64.6 Å². The van der Waals surface area contributed by atoms with Crippen molar-refractivity contribution in [1.82, 2.24) is 4.90 Å². The quantitative estimate of drug-likeness (QED) is 0.0873. The molecule has 2 N–H and O–H groups in total. The van der Waals surface area contributed by atoms with Gasteiger partial charge in [0.05, 0.1) is 30.0 Å². The first kappa shape index (κ1) is 35.2. The number of nitrogens with zero attached hydrogens (tertiary/aromatic N) is 3. The molecule has 15 heteroatoms. The van der Waals surface area contributed by atoms with Crippen molar-refractivity contribution < 1.29 is 48.6 Å². The number of aliphatic imine (C=N–C) groups is 1. The molecule has 0 aliphatic carbocycles. The highest BCUT2D eigenvalue weighted by atomic mass is 19.4. The minimum atomic E-state index is -5.14. The maximum atomic E-state index is 14.8. The number of alkyl halides is 9. The maximum absolute atomic E-state index is 14.8. The Morgan fingerprint density at radius 3 is 1.87 bits per heavy atom. The molecule has 3 rings (SSSR count). The summed E-state index contributed by atoms with van der Waals surface area (Å²) < 4.78 is 143. The van der Waals surface area contributed by atoms with Gasteiger partial charge in [0.1, 0.15) is 11.6 Å². The smallest absolute Gasteiger partial charge is 0.416 e. The van der Waals surface area contributed by atoms with Crippen LogP contribution in [0.25, 0.3) is 11.1 Å². The number of hydrogen-bond donors (Lipinski definition) is 1. The predicted molar refractivity (Wildman–Crippen MR) is 149 cm³/mol. The molecule has 0 spiro atoms. The van der Waals surface area contributed by atoms with Crippen LogP contribution in [0.15, 0.2) is 58.6 Å². The molecule has 244 valence electrons. The van der Waals surface area contributed by atoms with E-state index in [1.807, 2.05) is 0 Å². The lowest BCUT2D eigenvalue weighted by Gasteiger charge is -2.27. The van der Waals surface area contributed by atoms with Crippen LogP contribution in [-0.4, -0.2) is 31.1 Å². The summed E-state index contributed by atoms with van der Waals surface area (Å²) in [5.41, 5.74) is -4.31. The molecule has 3 aromatic carbocycles. The summed E-state index contributed by atoms with van der Waals surface area (Å²) in [5, 5.41) is 3.52. The van der Waals surface area contributed by atoms with Gasteiger partial charge < -0.3 is 15.5 Å². The second-order valence-electron chi connectivity index (χ2n) is 10.2. The van der Waals surface area contributed by atoms with Gasteiger partial charge in [-0.15, -0.1) is 0 Å². The van der Waals surface area contributed by atoms with E-state index in [2.05, 4.69) is 10.1 Å². The lowest BCUT2D eigenvalue weighted by Crippen LogP contribution is -2.33. The van der Waals surface area contributed by atoms with Crippen molar-refractivity contribution in [3.8, 4) is 16.9 Å². The van der Waals surface area contributed by atoms with Gasteiger partial charge in [0.25, 0.3) is 0 Å². The van der Waals surface area contributed by atoms with E-state index >= 15 is 0 Å². The minimum Gasteiger partial charge on any atom is -0.496 e. The molecular formula is C30H28F10N4O. The summed E-state index contributed by atoms with van der Waals surface area (Å²) in [4.78, 5) is 4.82. The van der Waals surface area contributed by atoms with Crippen molar-refractivity contribution in [3.63, 3.8) is 0 Å². The fourth-order valence-corrected chi connectivity index (χ4v) is 4.62. The number of hydrazone groups is 1. The van der Waals surface area contributed by atoms with Gasteiger partial charge in [-0.2, -0.15) is 44.6 Å². The van der Waals surface area contributed by atoms with Crippen molar-refractivity contribution in [3.05, 3.63) is 87.7 Å². The molecule has 45 heavy (non-hydrogen) atoms. The van der Waals surface area contributed by atoms with Crippen LogP contribution in [-0.2, 0) is 31.6 Å². The third kappa shape index (κ3) is 8.45. The third-order valence-electron chi connectivity index (χ3n) is 6.75. The first-order chi connectivity index (χ1) is 20.8. The summed E-state index contributed by atoms with van der Waals surface area (Å²) >= 11 is 0. The monoisotopic (exact) mass is 650 g/mol. The highest BCUT2D eigenvalue weighted by molar-refractivity contribution is 6.29. The van der Waals surface area contributed by atoms with Crippen molar-refractivity contribution >= 4 is 12.1 Å². The largest absolute Gasteiger partial charge is 0.496 e. The number of nitrogens with two attached hydrogens (primary N) is 1. The van der Waals surface area contributed by atoms with Crippen LogP contribution in [0.5, 0.6) is 5.75 Å². The Hall–Kier alpha value is -4.30. The Morgan fingerprint density at radius 2 is 1.40 bits per heavy atom. The van der Waals surface area contributed by atoms with Gasteiger partial charge in [-0.1, -0.05) is 19.9 Å². The van der Waals surface area contributed by atoms with E-state index in [-0.39, 0.29) is 45.8 Å². The lowest BCUT2D eigenvalue weighted by molar-refractivity contribution is -0.143. The number of halogens is 10. The molecule has 0 aromatic heterocycles. The number of ether oxygens (including phenoxy) is 1. The maximum Gasteiger partial charge on any atom is 0.416 e.